The quantitative estimate of drug-likeness (QED) is 0.750. The van der Waals surface area contributed by atoms with Crippen LogP contribution in [0, 0.1) is 11.8 Å². The lowest BCUT2D eigenvalue weighted by atomic mass is 9.77. The van der Waals surface area contributed by atoms with Crippen LogP contribution in [0.2, 0.25) is 0 Å². The molecule has 0 saturated heterocycles. The first-order chi connectivity index (χ1) is 7.31. The van der Waals surface area contributed by atoms with Crippen LogP contribution in [0.1, 0.15) is 51.4 Å². The zero-order valence-corrected chi connectivity index (χ0v) is 10.0. The molecule has 15 heavy (non-hydrogen) atoms. The molecule has 0 aromatic carbocycles. The van der Waals surface area contributed by atoms with Crippen molar-refractivity contribution in [1.82, 2.24) is 5.32 Å². The summed E-state index contributed by atoms with van der Waals surface area (Å²) in [6.07, 6.45) is 11.0. The molecule has 0 amide bonds. The number of nitrogens with one attached hydrogen (secondary N) is 1. The van der Waals surface area contributed by atoms with Gasteiger partial charge in [-0.05, 0) is 57.4 Å². The normalized spacial score (nSPS) is 35.6. The van der Waals surface area contributed by atoms with Crippen molar-refractivity contribution in [3.8, 4) is 0 Å². The molecule has 1 unspecified atom stereocenters. The molecule has 0 aliphatic heterocycles. The van der Waals surface area contributed by atoms with Gasteiger partial charge < -0.3 is 11.1 Å². The molecule has 0 aromatic rings. The first-order valence-electron chi connectivity index (χ1n) is 6.74. The van der Waals surface area contributed by atoms with Crippen molar-refractivity contribution < 1.29 is 0 Å². The third kappa shape index (κ3) is 2.73. The van der Waals surface area contributed by atoms with Gasteiger partial charge in [-0.1, -0.05) is 12.8 Å². The van der Waals surface area contributed by atoms with Gasteiger partial charge in [0.2, 0.25) is 0 Å². The van der Waals surface area contributed by atoms with Gasteiger partial charge in [0.25, 0.3) is 0 Å². The summed E-state index contributed by atoms with van der Waals surface area (Å²) in [5, 5.41) is 3.59. The van der Waals surface area contributed by atoms with E-state index in [0.717, 1.165) is 17.9 Å². The van der Waals surface area contributed by atoms with Crippen LogP contribution in [0.25, 0.3) is 0 Å². The summed E-state index contributed by atoms with van der Waals surface area (Å²) in [5.41, 5.74) is 5.97. The summed E-state index contributed by atoms with van der Waals surface area (Å²) in [5.74, 6) is 1.85. The minimum absolute atomic E-state index is 0.488. The molecule has 0 radical (unpaired) electrons. The van der Waals surface area contributed by atoms with Crippen molar-refractivity contribution in [2.24, 2.45) is 17.6 Å². The minimum Gasteiger partial charge on any atom is -0.328 e. The van der Waals surface area contributed by atoms with E-state index in [0.29, 0.717) is 6.04 Å². The number of nitrogens with two attached hydrogens (primary N) is 1. The predicted octanol–water partition coefficient (Wildman–Crippen LogP) is 2.28. The second-order valence-corrected chi connectivity index (χ2v) is 5.53. The van der Waals surface area contributed by atoms with Gasteiger partial charge in [-0.3, -0.25) is 0 Å². The topological polar surface area (TPSA) is 38.0 Å². The number of rotatable bonds is 3. The van der Waals surface area contributed by atoms with E-state index in [1.807, 2.05) is 0 Å². The van der Waals surface area contributed by atoms with Gasteiger partial charge >= 0.3 is 0 Å². The van der Waals surface area contributed by atoms with Crippen LogP contribution in [0.15, 0.2) is 0 Å². The molecule has 2 rings (SSSR count). The molecule has 1 atom stereocenters. The first-order valence-corrected chi connectivity index (χ1v) is 6.74. The zero-order chi connectivity index (χ0) is 10.7. The van der Waals surface area contributed by atoms with E-state index in [9.17, 15) is 0 Å². The largest absolute Gasteiger partial charge is 0.328 e. The highest BCUT2D eigenvalue weighted by atomic mass is 14.9. The van der Waals surface area contributed by atoms with Gasteiger partial charge in [-0.2, -0.15) is 0 Å². The highest BCUT2D eigenvalue weighted by Gasteiger charge is 2.32. The lowest BCUT2D eigenvalue weighted by molar-refractivity contribution is 0.206. The van der Waals surface area contributed by atoms with Crippen molar-refractivity contribution in [2.45, 2.75) is 63.5 Å². The van der Waals surface area contributed by atoms with E-state index in [4.69, 9.17) is 5.73 Å². The Bertz CT molecular complexity index is 179. The van der Waals surface area contributed by atoms with Gasteiger partial charge in [0.05, 0.1) is 0 Å². The second-order valence-electron chi connectivity index (χ2n) is 5.53. The molecular formula is C13H26N2. The van der Waals surface area contributed by atoms with Gasteiger partial charge in [0.1, 0.15) is 0 Å². The Kier molecular flexibility index (Phi) is 4.04. The van der Waals surface area contributed by atoms with Gasteiger partial charge in [0.15, 0.2) is 0 Å². The zero-order valence-electron chi connectivity index (χ0n) is 10.0. The van der Waals surface area contributed by atoms with Crippen LogP contribution in [-0.4, -0.2) is 19.1 Å². The smallest absolute Gasteiger partial charge is 0.0121 e. The fraction of sp³-hybridized carbons (Fsp3) is 1.00. The Morgan fingerprint density at radius 3 is 2.00 bits per heavy atom. The third-order valence-electron chi connectivity index (χ3n) is 4.57. The molecule has 3 N–H and O–H groups in total. The molecule has 0 spiro atoms. The van der Waals surface area contributed by atoms with Crippen molar-refractivity contribution in [1.29, 1.82) is 0 Å². The van der Waals surface area contributed by atoms with Crippen LogP contribution in [0.4, 0.5) is 0 Å². The maximum Gasteiger partial charge on any atom is 0.0121 e. The van der Waals surface area contributed by atoms with E-state index in [1.54, 1.807) is 0 Å². The van der Waals surface area contributed by atoms with Crippen LogP contribution >= 0.6 is 0 Å². The number of hydrogen-bond donors (Lipinski definition) is 2. The maximum absolute atomic E-state index is 5.97. The average molecular weight is 210 g/mol. The molecule has 2 aliphatic rings. The molecule has 2 fully saturated rings. The Morgan fingerprint density at radius 2 is 1.47 bits per heavy atom. The van der Waals surface area contributed by atoms with E-state index in [-0.39, 0.29) is 0 Å². The summed E-state index contributed by atoms with van der Waals surface area (Å²) in [6, 6.07) is 1.27. The number of hydrogen-bond acceptors (Lipinski definition) is 2. The Morgan fingerprint density at radius 1 is 0.933 bits per heavy atom. The molecule has 0 bridgehead atoms. The molecule has 0 heterocycles. The average Bonchev–Trinajstić information content (AvgIpc) is 2.75. The van der Waals surface area contributed by atoms with E-state index in [1.165, 1.54) is 51.4 Å². The fourth-order valence-corrected chi connectivity index (χ4v) is 3.68. The van der Waals surface area contributed by atoms with Gasteiger partial charge in [-0.25, -0.2) is 0 Å². The molecule has 2 heteroatoms. The summed E-state index contributed by atoms with van der Waals surface area (Å²) in [6.45, 7) is 0. The highest BCUT2D eigenvalue weighted by molar-refractivity contribution is 4.88. The van der Waals surface area contributed by atoms with Crippen molar-refractivity contribution >= 4 is 0 Å². The van der Waals surface area contributed by atoms with Crippen LogP contribution in [-0.2, 0) is 0 Å². The molecule has 2 saturated carbocycles. The van der Waals surface area contributed by atoms with E-state index < -0.39 is 0 Å². The van der Waals surface area contributed by atoms with Crippen molar-refractivity contribution in [3.63, 3.8) is 0 Å². The summed E-state index contributed by atoms with van der Waals surface area (Å²) in [4.78, 5) is 0. The fourth-order valence-electron chi connectivity index (χ4n) is 3.68. The van der Waals surface area contributed by atoms with Crippen molar-refractivity contribution in [3.05, 3.63) is 0 Å². The van der Waals surface area contributed by atoms with Crippen molar-refractivity contribution in [2.75, 3.05) is 7.05 Å². The van der Waals surface area contributed by atoms with E-state index >= 15 is 0 Å². The standard InChI is InChI=1S/C13H26N2/c1-15-13(10-4-2-3-5-10)11-6-8-12(14)9-7-11/h10-13,15H,2-9,14H2,1H3. The Labute approximate surface area is 94.0 Å². The molecule has 0 aromatic heterocycles. The monoisotopic (exact) mass is 210 g/mol. The Balaban J connectivity index is 1.88. The van der Waals surface area contributed by atoms with E-state index in [2.05, 4.69) is 12.4 Å². The van der Waals surface area contributed by atoms with Gasteiger partial charge in [-0.15, -0.1) is 0 Å². The van der Waals surface area contributed by atoms with Gasteiger partial charge in [0, 0.05) is 12.1 Å². The molecule has 2 aliphatic carbocycles. The summed E-state index contributed by atoms with van der Waals surface area (Å²) >= 11 is 0. The molecule has 88 valence electrons. The Hall–Kier alpha value is -0.0800. The predicted molar refractivity (Wildman–Crippen MR) is 64.7 cm³/mol. The van der Waals surface area contributed by atoms with Crippen LogP contribution in [0.5, 0.6) is 0 Å². The maximum atomic E-state index is 5.97. The van der Waals surface area contributed by atoms with Crippen LogP contribution < -0.4 is 11.1 Å². The lowest BCUT2D eigenvalue weighted by Crippen LogP contribution is -2.42. The second kappa shape index (κ2) is 5.31. The summed E-state index contributed by atoms with van der Waals surface area (Å²) in [7, 11) is 2.15. The molecule has 2 nitrogen and oxygen atoms in total. The summed E-state index contributed by atoms with van der Waals surface area (Å²) < 4.78 is 0. The highest BCUT2D eigenvalue weighted by Crippen LogP contribution is 2.35. The minimum atomic E-state index is 0.488. The molecular weight excluding hydrogens is 184 g/mol. The lowest BCUT2D eigenvalue weighted by Gasteiger charge is -2.35. The third-order valence-corrected chi connectivity index (χ3v) is 4.57. The van der Waals surface area contributed by atoms with Crippen LogP contribution in [0.3, 0.4) is 0 Å². The SMILES string of the molecule is CNC(C1CCCC1)C1CCC(N)CC1. The first kappa shape index (κ1) is 11.4.